The van der Waals surface area contributed by atoms with E-state index >= 15 is 0 Å². The third-order valence-corrected chi connectivity index (χ3v) is 4.31. The molecule has 1 amide bonds. The molecule has 3 heterocycles. The summed E-state index contributed by atoms with van der Waals surface area (Å²) in [7, 11) is 0. The highest BCUT2D eigenvalue weighted by atomic mass is 16.5. The van der Waals surface area contributed by atoms with E-state index < -0.39 is 6.04 Å². The monoisotopic (exact) mass is 333 g/mol. The van der Waals surface area contributed by atoms with Crippen LogP contribution in [0.25, 0.3) is 0 Å². The van der Waals surface area contributed by atoms with Crippen LogP contribution in [0.5, 0.6) is 0 Å². The molecule has 0 unspecified atom stereocenters. The predicted octanol–water partition coefficient (Wildman–Crippen LogP) is 2.07. The van der Waals surface area contributed by atoms with Crippen molar-refractivity contribution in [2.45, 2.75) is 52.8 Å². The van der Waals surface area contributed by atoms with Crippen LogP contribution >= 0.6 is 0 Å². The van der Waals surface area contributed by atoms with Crippen LogP contribution in [-0.4, -0.2) is 50.0 Å². The molecule has 0 saturated carbocycles. The van der Waals surface area contributed by atoms with Gasteiger partial charge in [-0.3, -0.25) is 9.48 Å². The first-order valence-electron chi connectivity index (χ1n) is 8.17. The van der Waals surface area contributed by atoms with Crippen LogP contribution in [0.3, 0.4) is 0 Å². The average molecular weight is 333 g/mol. The van der Waals surface area contributed by atoms with Gasteiger partial charge in [0.1, 0.15) is 6.04 Å². The maximum atomic E-state index is 13.1. The van der Waals surface area contributed by atoms with Crippen LogP contribution in [0.4, 0.5) is 0 Å². The van der Waals surface area contributed by atoms with Gasteiger partial charge >= 0.3 is 0 Å². The number of aryl methyl sites for hydroxylation is 1. The molecule has 24 heavy (non-hydrogen) atoms. The fourth-order valence-corrected chi connectivity index (χ4v) is 3.12. The second kappa shape index (κ2) is 6.35. The van der Waals surface area contributed by atoms with Gasteiger partial charge in [0, 0.05) is 18.3 Å². The minimum atomic E-state index is -0.394. The summed E-state index contributed by atoms with van der Waals surface area (Å²) in [5, 5.41) is 8.18. The number of rotatable bonds is 3. The number of morpholine rings is 1. The van der Waals surface area contributed by atoms with Gasteiger partial charge in [-0.1, -0.05) is 5.16 Å². The van der Waals surface area contributed by atoms with Crippen molar-refractivity contribution < 1.29 is 14.1 Å². The second-order valence-electron chi connectivity index (χ2n) is 6.38. The summed E-state index contributed by atoms with van der Waals surface area (Å²) in [6.45, 7) is 10.6. The molecular weight excluding hydrogens is 310 g/mol. The quantitative estimate of drug-likeness (QED) is 0.854. The highest BCUT2D eigenvalue weighted by molar-refractivity contribution is 5.95. The van der Waals surface area contributed by atoms with Gasteiger partial charge in [-0.2, -0.15) is 10.1 Å². The summed E-state index contributed by atoms with van der Waals surface area (Å²) in [4.78, 5) is 19.2. The normalized spacial score (nSPS) is 21.5. The number of nitrogens with zero attached hydrogens (tertiary/aromatic N) is 5. The van der Waals surface area contributed by atoms with Crippen LogP contribution in [0, 0.1) is 13.8 Å². The highest BCUT2D eigenvalue weighted by Gasteiger charge is 2.39. The number of ether oxygens (including phenoxy) is 1. The SMILES string of the molecule is Cc1noc([C@@H]2[C@@H](C)OCCN2C(=O)c2cnn(C(C)C)c2C)n1. The molecule has 0 radical (unpaired) electrons. The molecule has 0 aliphatic carbocycles. The lowest BCUT2D eigenvalue weighted by atomic mass is 10.1. The smallest absolute Gasteiger partial charge is 0.258 e. The molecule has 3 rings (SSSR count). The fraction of sp³-hybridized carbons (Fsp3) is 0.625. The van der Waals surface area contributed by atoms with Crippen LogP contribution in [-0.2, 0) is 4.74 Å². The van der Waals surface area contributed by atoms with Gasteiger partial charge in [-0.05, 0) is 34.6 Å². The van der Waals surface area contributed by atoms with Crippen LogP contribution in [0.1, 0.15) is 60.6 Å². The molecule has 8 heteroatoms. The molecule has 0 aromatic carbocycles. The zero-order valence-corrected chi connectivity index (χ0v) is 14.7. The molecule has 0 spiro atoms. The summed E-state index contributed by atoms with van der Waals surface area (Å²) in [5.74, 6) is 0.858. The lowest BCUT2D eigenvalue weighted by molar-refractivity contribution is -0.0600. The van der Waals surface area contributed by atoms with Gasteiger partial charge in [0.15, 0.2) is 5.82 Å². The van der Waals surface area contributed by atoms with Gasteiger partial charge < -0.3 is 14.2 Å². The van der Waals surface area contributed by atoms with E-state index in [1.54, 1.807) is 18.0 Å². The van der Waals surface area contributed by atoms with E-state index in [4.69, 9.17) is 9.26 Å². The number of carbonyl (C=O) groups excluding carboxylic acids is 1. The Morgan fingerprint density at radius 3 is 2.71 bits per heavy atom. The van der Waals surface area contributed by atoms with E-state index in [-0.39, 0.29) is 18.1 Å². The lowest BCUT2D eigenvalue weighted by Gasteiger charge is -2.37. The van der Waals surface area contributed by atoms with Crippen LogP contribution in [0.15, 0.2) is 10.7 Å². The Balaban J connectivity index is 1.94. The van der Waals surface area contributed by atoms with Crippen molar-refractivity contribution in [2.24, 2.45) is 0 Å². The molecule has 2 aromatic rings. The second-order valence-corrected chi connectivity index (χ2v) is 6.38. The summed E-state index contributed by atoms with van der Waals surface area (Å²) < 4.78 is 12.9. The molecule has 0 N–H and O–H groups in total. The van der Waals surface area contributed by atoms with Gasteiger partial charge in [-0.15, -0.1) is 0 Å². The molecule has 1 aliphatic rings. The van der Waals surface area contributed by atoms with Gasteiger partial charge in [0.05, 0.1) is 24.5 Å². The Bertz CT molecular complexity index is 736. The Hall–Kier alpha value is -2.22. The van der Waals surface area contributed by atoms with Crippen LogP contribution in [0.2, 0.25) is 0 Å². The van der Waals surface area contributed by atoms with Crippen molar-refractivity contribution in [1.29, 1.82) is 0 Å². The van der Waals surface area contributed by atoms with Crippen molar-refractivity contribution in [2.75, 3.05) is 13.2 Å². The molecule has 0 bridgehead atoms. The van der Waals surface area contributed by atoms with E-state index in [0.717, 1.165) is 5.69 Å². The number of hydrogen-bond donors (Lipinski definition) is 0. The minimum absolute atomic E-state index is 0.0876. The zero-order chi connectivity index (χ0) is 17.4. The van der Waals surface area contributed by atoms with E-state index in [2.05, 4.69) is 15.2 Å². The number of amides is 1. The third-order valence-electron chi connectivity index (χ3n) is 4.31. The maximum absolute atomic E-state index is 13.1. The summed E-state index contributed by atoms with van der Waals surface area (Å²) in [5.41, 5.74) is 1.45. The zero-order valence-electron chi connectivity index (χ0n) is 14.7. The average Bonchev–Trinajstić information content (AvgIpc) is 3.12. The maximum Gasteiger partial charge on any atom is 0.258 e. The van der Waals surface area contributed by atoms with E-state index in [9.17, 15) is 4.79 Å². The molecule has 1 fully saturated rings. The number of carbonyl (C=O) groups is 1. The Morgan fingerprint density at radius 1 is 1.38 bits per heavy atom. The Labute approximate surface area is 140 Å². The van der Waals surface area contributed by atoms with Gasteiger partial charge in [-0.25, -0.2) is 0 Å². The molecular formula is C16H23N5O3. The van der Waals surface area contributed by atoms with Crippen molar-refractivity contribution in [3.05, 3.63) is 29.2 Å². The van der Waals surface area contributed by atoms with E-state index in [1.807, 2.05) is 32.4 Å². The predicted molar refractivity (Wildman–Crippen MR) is 85.6 cm³/mol. The molecule has 2 atom stereocenters. The molecule has 8 nitrogen and oxygen atoms in total. The largest absolute Gasteiger partial charge is 0.374 e. The summed E-state index contributed by atoms with van der Waals surface area (Å²) in [6, 6.07) is -0.196. The first-order valence-corrected chi connectivity index (χ1v) is 8.17. The van der Waals surface area contributed by atoms with E-state index in [1.165, 1.54) is 0 Å². The van der Waals surface area contributed by atoms with Crippen LogP contribution < -0.4 is 0 Å². The van der Waals surface area contributed by atoms with Gasteiger partial charge in [0.2, 0.25) is 0 Å². The first kappa shape index (κ1) is 16.6. The van der Waals surface area contributed by atoms with Gasteiger partial charge in [0.25, 0.3) is 11.8 Å². The first-order chi connectivity index (χ1) is 11.4. The number of hydrogen-bond acceptors (Lipinski definition) is 6. The molecule has 1 saturated heterocycles. The van der Waals surface area contributed by atoms with Crippen molar-refractivity contribution in [1.82, 2.24) is 24.8 Å². The fourth-order valence-electron chi connectivity index (χ4n) is 3.12. The van der Waals surface area contributed by atoms with Crippen molar-refractivity contribution >= 4 is 5.91 Å². The molecule has 1 aliphatic heterocycles. The number of aromatic nitrogens is 4. The molecule has 130 valence electrons. The topological polar surface area (TPSA) is 86.3 Å². The lowest BCUT2D eigenvalue weighted by Crippen LogP contribution is -2.47. The summed E-state index contributed by atoms with van der Waals surface area (Å²) >= 11 is 0. The molecule has 2 aromatic heterocycles. The Morgan fingerprint density at radius 2 is 2.12 bits per heavy atom. The van der Waals surface area contributed by atoms with E-state index in [0.29, 0.717) is 30.4 Å². The van der Waals surface area contributed by atoms with Crippen molar-refractivity contribution in [3.63, 3.8) is 0 Å². The highest BCUT2D eigenvalue weighted by Crippen LogP contribution is 2.30. The third kappa shape index (κ3) is 2.82. The standard InChI is InChI=1S/C16H23N5O3/c1-9(2)21-10(3)13(8-17-21)16(22)20-6-7-23-11(4)14(20)15-18-12(5)19-24-15/h8-9,11,14H,6-7H2,1-5H3/t11-,14+/m1/s1. The Kier molecular flexibility index (Phi) is 4.40. The minimum Gasteiger partial charge on any atom is -0.374 e. The summed E-state index contributed by atoms with van der Waals surface area (Å²) in [6.07, 6.45) is 1.41. The van der Waals surface area contributed by atoms with Crippen molar-refractivity contribution in [3.8, 4) is 0 Å².